The fraction of sp³-hybridized carbons (Fsp3) is 0.778. The van der Waals surface area contributed by atoms with Gasteiger partial charge in [-0.15, -0.1) is 0 Å². The first-order chi connectivity index (χ1) is 6.43. The number of hydrogen-bond donors (Lipinski definition) is 1. The molecule has 1 N–H and O–H groups in total. The Morgan fingerprint density at radius 3 is 2.64 bits per heavy atom. The summed E-state index contributed by atoms with van der Waals surface area (Å²) >= 11 is 0. The molecular formula is C9H16O4S. The molecule has 0 aromatic rings. The molecule has 2 unspecified atom stereocenters. The van der Waals surface area contributed by atoms with Gasteiger partial charge in [-0.2, -0.15) is 0 Å². The molecule has 0 saturated heterocycles. The van der Waals surface area contributed by atoms with Crippen LogP contribution in [0.1, 0.15) is 19.8 Å². The molecule has 5 heteroatoms. The average molecular weight is 220 g/mol. The van der Waals surface area contributed by atoms with Crippen LogP contribution in [0.4, 0.5) is 0 Å². The van der Waals surface area contributed by atoms with Crippen LogP contribution < -0.4 is 0 Å². The zero-order chi connectivity index (χ0) is 10.8. The minimum absolute atomic E-state index is 0.397. The molecule has 1 aliphatic heterocycles. The van der Waals surface area contributed by atoms with Crippen molar-refractivity contribution in [1.82, 2.24) is 0 Å². The van der Waals surface area contributed by atoms with E-state index >= 15 is 0 Å². The topological polar surface area (TPSA) is 63.6 Å². The van der Waals surface area contributed by atoms with Crippen LogP contribution in [-0.4, -0.2) is 37.7 Å². The zero-order valence-corrected chi connectivity index (χ0v) is 9.25. The summed E-state index contributed by atoms with van der Waals surface area (Å²) < 4.78 is 27.5. The van der Waals surface area contributed by atoms with E-state index in [4.69, 9.17) is 4.74 Å². The summed E-state index contributed by atoms with van der Waals surface area (Å²) in [4.78, 5) is 0. The number of rotatable bonds is 3. The minimum Gasteiger partial charge on any atom is -0.495 e. The van der Waals surface area contributed by atoms with Gasteiger partial charge in [0.1, 0.15) is 11.9 Å². The molecule has 2 atom stereocenters. The maximum Gasteiger partial charge on any atom is 0.153 e. The molecule has 1 rings (SSSR count). The third-order valence-electron chi connectivity index (χ3n) is 2.37. The third kappa shape index (κ3) is 2.72. The largest absolute Gasteiger partial charge is 0.495 e. The Labute approximate surface area is 84.5 Å². The van der Waals surface area contributed by atoms with E-state index in [1.165, 1.54) is 6.92 Å². The van der Waals surface area contributed by atoms with Gasteiger partial charge in [-0.1, -0.05) is 0 Å². The van der Waals surface area contributed by atoms with Crippen molar-refractivity contribution in [2.45, 2.75) is 31.1 Å². The van der Waals surface area contributed by atoms with Crippen molar-refractivity contribution >= 4 is 9.84 Å². The molecule has 0 bridgehead atoms. The molecule has 0 spiro atoms. The highest BCUT2D eigenvalue weighted by molar-refractivity contribution is 7.91. The number of hydrogen-bond acceptors (Lipinski definition) is 4. The van der Waals surface area contributed by atoms with E-state index in [1.54, 1.807) is 6.08 Å². The van der Waals surface area contributed by atoms with Gasteiger partial charge in [0.15, 0.2) is 9.84 Å². The second-order valence-corrected chi connectivity index (χ2v) is 5.98. The van der Waals surface area contributed by atoms with Gasteiger partial charge in [0, 0.05) is 6.26 Å². The van der Waals surface area contributed by atoms with Crippen molar-refractivity contribution in [2.75, 3.05) is 12.9 Å². The molecule has 1 heterocycles. The highest BCUT2D eigenvalue weighted by atomic mass is 32.2. The summed E-state index contributed by atoms with van der Waals surface area (Å²) in [5.41, 5.74) is 0. The average Bonchev–Trinajstić information content (AvgIpc) is 2.15. The van der Waals surface area contributed by atoms with E-state index < -0.39 is 21.2 Å². The SMILES string of the molecule is CC(C(O)C1=CCCCO1)S(C)(=O)=O. The van der Waals surface area contributed by atoms with Crippen LogP contribution in [-0.2, 0) is 14.6 Å². The Bertz CT molecular complexity index is 318. The normalized spacial score (nSPS) is 22.1. The quantitative estimate of drug-likeness (QED) is 0.751. The Kier molecular flexibility index (Phi) is 3.55. The maximum absolute atomic E-state index is 11.2. The monoisotopic (exact) mass is 220 g/mol. The molecule has 1 aliphatic rings. The summed E-state index contributed by atoms with van der Waals surface area (Å²) in [6.45, 7) is 2.04. The maximum atomic E-state index is 11.2. The Morgan fingerprint density at radius 1 is 1.57 bits per heavy atom. The molecule has 0 aromatic heterocycles. The van der Waals surface area contributed by atoms with Crippen LogP contribution >= 0.6 is 0 Å². The number of aliphatic hydroxyl groups is 1. The first kappa shape index (κ1) is 11.5. The highest BCUT2D eigenvalue weighted by Gasteiger charge is 2.28. The predicted molar refractivity (Wildman–Crippen MR) is 53.6 cm³/mol. The summed E-state index contributed by atoms with van der Waals surface area (Å²) in [6, 6.07) is 0. The number of aliphatic hydroxyl groups excluding tert-OH is 1. The smallest absolute Gasteiger partial charge is 0.153 e. The van der Waals surface area contributed by atoms with Gasteiger partial charge >= 0.3 is 0 Å². The lowest BCUT2D eigenvalue weighted by molar-refractivity contribution is 0.0911. The lowest BCUT2D eigenvalue weighted by Gasteiger charge is -2.23. The molecule has 0 amide bonds. The summed E-state index contributed by atoms with van der Waals surface area (Å²) in [5, 5.41) is 8.89. The lowest BCUT2D eigenvalue weighted by atomic mass is 10.1. The van der Waals surface area contributed by atoms with E-state index in [0.717, 1.165) is 19.1 Å². The fourth-order valence-electron chi connectivity index (χ4n) is 1.25. The standard InChI is InChI=1S/C9H16O4S/c1-7(14(2,11)12)9(10)8-5-3-4-6-13-8/h5,7,9-10H,3-4,6H2,1-2H3. The molecule has 0 aliphatic carbocycles. The molecule has 0 saturated carbocycles. The van der Waals surface area contributed by atoms with Crippen molar-refractivity contribution in [3.05, 3.63) is 11.8 Å². The summed E-state index contributed by atoms with van der Waals surface area (Å²) in [5.74, 6) is 0.397. The molecule has 82 valence electrons. The van der Waals surface area contributed by atoms with E-state index in [2.05, 4.69) is 0 Å². The van der Waals surface area contributed by atoms with Crippen LogP contribution in [0, 0.1) is 0 Å². The van der Waals surface area contributed by atoms with Crippen molar-refractivity contribution in [3.8, 4) is 0 Å². The van der Waals surface area contributed by atoms with Crippen molar-refractivity contribution in [1.29, 1.82) is 0 Å². The van der Waals surface area contributed by atoms with E-state index in [1.807, 2.05) is 0 Å². The Balaban J connectivity index is 2.74. The first-order valence-corrected chi connectivity index (χ1v) is 6.58. The van der Waals surface area contributed by atoms with E-state index in [9.17, 15) is 13.5 Å². The predicted octanol–water partition coefficient (Wildman–Crippen LogP) is 0.475. The molecular weight excluding hydrogens is 204 g/mol. The van der Waals surface area contributed by atoms with Crippen molar-refractivity contribution in [2.24, 2.45) is 0 Å². The highest BCUT2D eigenvalue weighted by Crippen LogP contribution is 2.18. The minimum atomic E-state index is -3.22. The summed E-state index contributed by atoms with van der Waals surface area (Å²) in [6.07, 6.45) is 3.59. The van der Waals surface area contributed by atoms with Crippen molar-refractivity contribution < 1.29 is 18.3 Å². The number of ether oxygens (including phenoxy) is 1. The molecule has 0 aromatic carbocycles. The van der Waals surface area contributed by atoms with Gasteiger partial charge in [0.05, 0.1) is 11.9 Å². The second kappa shape index (κ2) is 4.31. The van der Waals surface area contributed by atoms with Crippen LogP contribution in [0.2, 0.25) is 0 Å². The number of allylic oxidation sites excluding steroid dienone is 1. The van der Waals surface area contributed by atoms with Crippen LogP contribution in [0.15, 0.2) is 11.8 Å². The molecule has 0 radical (unpaired) electrons. The van der Waals surface area contributed by atoms with Crippen LogP contribution in [0.3, 0.4) is 0 Å². The van der Waals surface area contributed by atoms with Crippen LogP contribution in [0.5, 0.6) is 0 Å². The zero-order valence-electron chi connectivity index (χ0n) is 8.43. The van der Waals surface area contributed by atoms with Gasteiger partial charge in [-0.25, -0.2) is 8.42 Å². The van der Waals surface area contributed by atoms with Gasteiger partial charge < -0.3 is 9.84 Å². The first-order valence-electron chi connectivity index (χ1n) is 4.62. The Hall–Kier alpha value is -0.550. The van der Waals surface area contributed by atoms with Gasteiger partial charge in [-0.05, 0) is 25.8 Å². The lowest BCUT2D eigenvalue weighted by Crippen LogP contribution is -2.33. The van der Waals surface area contributed by atoms with Gasteiger partial charge in [0.25, 0.3) is 0 Å². The molecule has 4 nitrogen and oxygen atoms in total. The van der Waals surface area contributed by atoms with Gasteiger partial charge in [0.2, 0.25) is 0 Å². The molecule has 0 fully saturated rings. The van der Waals surface area contributed by atoms with Crippen LogP contribution in [0.25, 0.3) is 0 Å². The van der Waals surface area contributed by atoms with E-state index in [0.29, 0.717) is 12.4 Å². The third-order valence-corrected chi connectivity index (χ3v) is 3.98. The second-order valence-electron chi connectivity index (χ2n) is 3.58. The fourth-order valence-corrected chi connectivity index (χ4v) is 1.85. The van der Waals surface area contributed by atoms with Gasteiger partial charge in [-0.3, -0.25) is 0 Å². The molecule has 14 heavy (non-hydrogen) atoms. The Morgan fingerprint density at radius 2 is 2.21 bits per heavy atom. The van der Waals surface area contributed by atoms with Crippen molar-refractivity contribution in [3.63, 3.8) is 0 Å². The van der Waals surface area contributed by atoms with E-state index in [-0.39, 0.29) is 0 Å². The number of sulfone groups is 1. The summed E-state index contributed by atoms with van der Waals surface area (Å²) in [7, 11) is -3.22.